The Morgan fingerprint density at radius 1 is 1.23 bits per heavy atom. The van der Waals surface area contributed by atoms with Crippen LogP contribution >= 0.6 is 11.6 Å². The molecule has 0 bridgehead atoms. The number of anilines is 2. The van der Waals surface area contributed by atoms with Gasteiger partial charge in [0.1, 0.15) is 11.6 Å². The van der Waals surface area contributed by atoms with Crippen LogP contribution in [-0.2, 0) is 4.74 Å². The third-order valence-electron chi connectivity index (χ3n) is 4.02. The maximum atomic E-state index is 12.2. The number of nitrogens with zero attached hydrogens (tertiary/aromatic N) is 1. The van der Waals surface area contributed by atoms with Gasteiger partial charge in [0, 0.05) is 28.1 Å². The van der Waals surface area contributed by atoms with Crippen LogP contribution in [-0.4, -0.2) is 24.7 Å². The first-order chi connectivity index (χ1) is 12.5. The quantitative estimate of drug-likeness (QED) is 0.631. The summed E-state index contributed by atoms with van der Waals surface area (Å²) in [4.78, 5) is 16.6. The summed E-state index contributed by atoms with van der Waals surface area (Å²) in [6.45, 7) is 4.01. The highest BCUT2D eigenvalue weighted by Crippen LogP contribution is 2.35. The van der Waals surface area contributed by atoms with Gasteiger partial charge in [0.25, 0.3) is 0 Å². The van der Waals surface area contributed by atoms with Crippen molar-refractivity contribution < 1.29 is 14.3 Å². The van der Waals surface area contributed by atoms with Gasteiger partial charge in [-0.3, -0.25) is 0 Å². The molecule has 0 radical (unpaired) electrons. The number of benzene rings is 2. The zero-order valence-electron chi connectivity index (χ0n) is 14.8. The molecule has 26 heavy (non-hydrogen) atoms. The summed E-state index contributed by atoms with van der Waals surface area (Å²) in [5, 5.41) is 5.50. The van der Waals surface area contributed by atoms with Crippen molar-refractivity contribution in [2.45, 2.75) is 13.8 Å². The number of hydrogen-bond donors (Lipinski definition) is 1. The van der Waals surface area contributed by atoms with E-state index >= 15 is 0 Å². The first-order valence-corrected chi connectivity index (χ1v) is 8.59. The van der Waals surface area contributed by atoms with Gasteiger partial charge in [-0.1, -0.05) is 35.9 Å². The third-order valence-corrected chi connectivity index (χ3v) is 4.43. The molecule has 0 aliphatic rings. The number of carbonyl (C=O) groups excluding carboxylic acids is 1. The highest BCUT2D eigenvalue weighted by atomic mass is 35.5. The molecule has 5 nitrogen and oxygen atoms in total. The van der Waals surface area contributed by atoms with Crippen LogP contribution in [0.4, 0.5) is 11.5 Å². The molecule has 0 spiro atoms. The van der Waals surface area contributed by atoms with Crippen molar-refractivity contribution in [1.82, 2.24) is 4.98 Å². The number of hydrogen-bond acceptors (Lipinski definition) is 5. The van der Waals surface area contributed by atoms with E-state index in [-0.39, 0.29) is 5.97 Å². The molecule has 0 aliphatic heterocycles. The molecule has 0 amide bonds. The Labute approximate surface area is 156 Å². The minimum atomic E-state index is -0.386. The minimum absolute atomic E-state index is 0.314. The molecule has 0 unspecified atom stereocenters. The van der Waals surface area contributed by atoms with Crippen molar-refractivity contribution >= 4 is 39.8 Å². The fraction of sp³-hybridized carbons (Fsp3) is 0.200. The maximum absolute atomic E-state index is 12.2. The molecule has 2 aromatic carbocycles. The summed E-state index contributed by atoms with van der Waals surface area (Å²) >= 11 is 6.17. The van der Waals surface area contributed by atoms with Crippen LogP contribution in [0, 0.1) is 6.92 Å². The Balaban J connectivity index is 2.09. The number of halogens is 1. The second-order valence-electron chi connectivity index (χ2n) is 5.71. The zero-order chi connectivity index (χ0) is 18.7. The number of ether oxygens (including phenoxy) is 2. The van der Waals surface area contributed by atoms with E-state index < -0.39 is 0 Å². The van der Waals surface area contributed by atoms with Crippen molar-refractivity contribution in [2.24, 2.45) is 0 Å². The molecule has 0 fully saturated rings. The molecule has 3 aromatic rings. The van der Waals surface area contributed by atoms with Gasteiger partial charge in [-0.2, -0.15) is 0 Å². The number of pyridine rings is 1. The minimum Gasteiger partial charge on any atom is -0.495 e. The molecule has 1 N–H and O–H groups in total. The Morgan fingerprint density at radius 2 is 1.96 bits per heavy atom. The molecule has 0 saturated carbocycles. The fourth-order valence-corrected chi connectivity index (χ4v) is 2.87. The van der Waals surface area contributed by atoms with Crippen LogP contribution in [0.5, 0.6) is 5.75 Å². The van der Waals surface area contributed by atoms with E-state index in [0.29, 0.717) is 28.8 Å². The molecule has 134 valence electrons. The summed E-state index contributed by atoms with van der Waals surface area (Å²) in [5.74, 6) is 0.845. The average Bonchev–Trinajstić information content (AvgIpc) is 2.65. The van der Waals surface area contributed by atoms with E-state index in [4.69, 9.17) is 21.1 Å². The normalized spacial score (nSPS) is 10.6. The Morgan fingerprint density at radius 3 is 2.65 bits per heavy atom. The van der Waals surface area contributed by atoms with Gasteiger partial charge >= 0.3 is 5.97 Å². The average molecular weight is 371 g/mol. The lowest BCUT2D eigenvalue weighted by molar-refractivity contribution is 0.0528. The lowest BCUT2D eigenvalue weighted by atomic mass is 10.1. The number of rotatable bonds is 5. The van der Waals surface area contributed by atoms with E-state index in [2.05, 4.69) is 10.3 Å². The number of methoxy groups -OCH3 is 1. The van der Waals surface area contributed by atoms with Crippen molar-refractivity contribution in [3.8, 4) is 5.75 Å². The Kier molecular flexibility index (Phi) is 5.28. The standard InChI is InChI=1S/C20H19ClN2O3/c1-4-26-20(24)15-11-22-19(14-8-6-5-7-13(14)15)23-17-9-12(2)16(21)10-18(17)25-3/h5-11H,4H2,1-3H3,(H,22,23). The second-order valence-corrected chi connectivity index (χ2v) is 6.12. The Bertz CT molecular complexity index is 973. The number of carbonyl (C=O) groups is 1. The van der Waals surface area contributed by atoms with Crippen LogP contribution in [0.2, 0.25) is 5.02 Å². The SMILES string of the molecule is CCOC(=O)c1cnc(Nc2cc(C)c(Cl)cc2OC)c2ccccc12. The van der Waals surface area contributed by atoms with E-state index in [0.717, 1.165) is 22.0 Å². The smallest absolute Gasteiger partial charge is 0.340 e. The largest absolute Gasteiger partial charge is 0.495 e. The molecule has 3 rings (SSSR count). The molecular formula is C20H19ClN2O3. The number of aromatic nitrogens is 1. The molecule has 1 aromatic heterocycles. The maximum Gasteiger partial charge on any atom is 0.340 e. The predicted molar refractivity (Wildman–Crippen MR) is 104 cm³/mol. The van der Waals surface area contributed by atoms with Crippen molar-refractivity contribution in [3.63, 3.8) is 0 Å². The summed E-state index contributed by atoms with van der Waals surface area (Å²) in [6, 6.07) is 11.2. The summed E-state index contributed by atoms with van der Waals surface area (Å²) in [5.41, 5.74) is 2.10. The number of fused-ring (bicyclic) bond motifs is 1. The van der Waals surface area contributed by atoms with Crippen LogP contribution in [0.3, 0.4) is 0 Å². The number of esters is 1. The van der Waals surface area contributed by atoms with Gasteiger partial charge in [0.2, 0.25) is 0 Å². The van der Waals surface area contributed by atoms with Crippen molar-refractivity contribution in [2.75, 3.05) is 19.0 Å². The monoisotopic (exact) mass is 370 g/mol. The van der Waals surface area contributed by atoms with E-state index in [1.54, 1.807) is 20.1 Å². The predicted octanol–water partition coefficient (Wildman–Crippen LogP) is 5.13. The van der Waals surface area contributed by atoms with Gasteiger partial charge in [-0.05, 0) is 25.5 Å². The lowest BCUT2D eigenvalue weighted by Gasteiger charge is -2.15. The molecule has 6 heteroatoms. The van der Waals surface area contributed by atoms with Crippen LogP contribution < -0.4 is 10.1 Å². The molecule has 0 atom stereocenters. The molecule has 1 heterocycles. The first-order valence-electron chi connectivity index (χ1n) is 8.21. The fourth-order valence-electron chi connectivity index (χ4n) is 2.72. The summed E-state index contributed by atoms with van der Waals surface area (Å²) < 4.78 is 10.5. The third kappa shape index (κ3) is 3.44. The highest BCUT2D eigenvalue weighted by molar-refractivity contribution is 6.31. The van der Waals surface area contributed by atoms with Gasteiger partial charge in [-0.25, -0.2) is 9.78 Å². The number of aryl methyl sites for hydroxylation is 1. The van der Waals surface area contributed by atoms with Crippen LogP contribution in [0.25, 0.3) is 10.8 Å². The molecular weight excluding hydrogens is 352 g/mol. The number of nitrogens with one attached hydrogen (secondary N) is 1. The van der Waals surface area contributed by atoms with Gasteiger partial charge < -0.3 is 14.8 Å². The van der Waals surface area contributed by atoms with Crippen LogP contribution in [0.1, 0.15) is 22.8 Å². The molecule has 0 aliphatic carbocycles. The van der Waals surface area contributed by atoms with E-state index in [1.807, 2.05) is 37.3 Å². The first kappa shape index (κ1) is 18.0. The Hall–Kier alpha value is -2.79. The van der Waals surface area contributed by atoms with E-state index in [9.17, 15) is 4.79 Å². The topological polar surface area (TPSA) is 60.5 Å². The highest BCUT2D eigenvalue weighted by Gasteiger charge is 2.16. The van der Waals surface area contributed by atoms with Gasteiger partial charge in [0.05, 0.1) is 25.0 Å². The molecule has 0 saturated heterocycles. The van der Waals surface area contributed by atoms with Crippen LogP contribution in [0.15, 0.2) is 42.6 Å². The van der Waals surface area contributed by atoms with E-state index in [1.165, 1.54) is 6.20 Å². The lowest BCUT2D eigenvalue weighted by Crippen LogP contribution is -2.07. The van der Waals surface area contributed by atoms with Crippen molar-refractivity contribution in [1.29, 1.82) is 0 Å². The van der Waals surface area contributed by atoms with Gasteiger partial charge in [-0.15, -0.1) is 0 Å². The second kappa shape index (κ2) is 7.62. The summed E-state index contributed by atoms with van der Waals surface area (Å²) in [7, 11) is 1.58. The zero-order valence-corrected chi connectivity index (χ0v) is 15.6. The summed E-state index contributed by atoms with van der Waals surface area (Å²) in [6.07, 6.45) is 1.53. The van der Waals surface area contributed by atoms with Gasteiger partial charge in [0.15, 0.2) is 0 Å². The van der Waals surface area contributed by atoms with Crippen molar-refractivity contribution in [3.05, 3.63) is 58.7 Å².